The van der Waals surface area contributed by atoms with Gasteiger partial charge in [-0.1, -0.05) is 25.1 Å². The summed E-state index contributed by atoms with van der Waals surface area (Å²) in [6.07, 6.45) is 8.75. The number of nitrogens with zero attached hydrogens (tertiary/aromatic N) is 3. The van der Waals surface area contributed by atoms with Gasteiger partial charge in [0.05, 0.1) is 13.4 Å². The molecule has 0 aliphatic heterocycles. The maximum Gasteiger partial charge on any atom is 0.246 e. The van der Waals surface area contributed by atoms with E-state index in [9.17, 15) is 4.79 Å². The monoisotopic (exact) mass is 366 g/mol. The number of carbonyl (C=O) groups is 1. The van der Waals surface area contributed by atoms with Crippen molar-refractivity contribution in [2.45, 2.75) is 32.4 Å². The highest BCUT2D eigenvalue weighted by molar-refractivity contribution is 5.81. The molecule has 1 atom stereocenters. The zero-order valence-electron chi connectivity index (χ0n) is 15.8. The predicted molar refractivity (Wildman–Crippen MR) is 104 cm³/mol. The van der Waals surface area contributed by atoms with Crippen LogP contribution >= 0.6 is 0 Å². The number of benzene rings is 1. The number of aromatic nitrogens is 3. The molecule has 0 spiro atoms. The molecule has 0 bridgehead atoms. The lowest BCUT2D eigenvalue weighted by Crippen LogP contribution is -2.38. The number of imidazole rings is 1. The van der Waals surface area contributed by atoms with Crippen LogP contribution in [0.15, 0.2) is 61.3 Å². The number of aromatic amines is 1. The van der Waals surface area contributed by atoms with Crippen molar-refractivity contribution in [3.63, 3.8) is 0 Å². The number of carbonyl (C=O) groups excluding carboxylic acids is 1. The summed E-state index contributed by atoms with van der Waals surface area (Å²) in [4.78, 5) is 22.6. The molecule has 1 aromatic carbocycles. The summed E-state index contributed by atoms with van der Waals surface area (Å²) in [5, 5.41) is 0. The predicted octanol–water partition coefficient (Wildman–Crippen LogP) is 3.44. The van der Waals surface area contributed by atoms with Crippen LogP contribution < -0.4 is 4.74 Å². The average Bonchev–Trinajstić information content (AvgIpc) is 3.39. The van der Waals surface area contributed by atoms with Gasteiger partial charge < -0.3 is 19.2 Å². The zero-order valence-corrected chi connectivity index (χ0v) is 15.8. The third kappa shape index (κ3) is 4.58. The lowest BCUT2D eigenvalue weighted by Gasteiger charge is -2.28. The fourth-order valence-corrected chi connectivity index (χ4v) is 3.27. The molecular weight excluding hydrogens is 340 g/mol. The van der Waals surface area contributed by atoms with Crippen molar-refractivity contribution in [2.24, 2.45) is 0 Å². The molecule has 3 aromatic rings. The molecule has 1 N–H and O–H groups in total. The highest BCUT2D eigenvalue weighted by Crippen LogP contribution is 2.23. The molecule has 1 amide bonds. The van der Waals surface area contributed by atoms with E-state index in [2.05, 4.69) is 16.9 Å². The molecule has 2 heterocycles. The molecule has 0 saturated heterocycles. The maximum absolute atomic E-state index is 13.5. The first-order chi connectivity index (χ1) is 13.2. The Morgan fingerprint density at radius 3 is 2.70 bits per heavy atom. The molecule has 0 aliphatic rings. The Hall–Kier alpha value is -3.02. The summed E-state index contributed by atoms with van der Waals surface area (Å²) in [6, 6.07) is 11.4. The minimum absolute atomic E-state index is 0.0913. The van der Waals surface area contributed by atoms with E-state index < -0.39 is 0 Å². The number of para-hydroxylation sites is 1. The summed E-state index contributed by atoms with van der Waals surface area (Å²) in [5.41, 5.74) is 1.95. The molecule has 0 radical (unpaired) electrons. The first kappa shape index (κ1) is 18.8. The molecule has 6 heteroatoms. The highest BCUT2D eigenvalue weighted by atomic mass is 16.5. The van der Waals surface area contributed by atoms with Crippen molar-refractivity contribution in [3.05, 3.63) is 72.6 Å². The van der Waals surface area contributed by atoms with E-state index in [0.717, 1.165) is 23.4 Å². The minimum atomic E-state index is -0.318. The normalized spacial score (nSPS) is 11.9. The first-order valence-electron chi connectivity index (χ1n) is 9.23. The molecule has 2 aromatic heterocycles. The first-order valence-corrected chi connectivity index (χ1v) is 9.23. The quantitative estimate of drug-likeness (QED) is 0.631. The van der Waals surface area contributed by atoms with Crippen LogP contribution in [-0.2, 0) is 17.8 Å². The number of ether oxygens (including phenoxy) is 1. The minimum Gasteiger partial charge on any atom is -0.496 e. The number of amides is 1. The number of hydrogen-bond donors (Lipinski definition) is 1. The molecule has 142 valence electrons. The highest BCUT2D eigenvalue weighted by Gasteiger charge is 2.26. The summed E-state index contributed by atoms with van der Waals surface area (Å²) in [6.45, 7) is 3.30. The van der Waals surface area contributed by atoms with Gasteiger partial charge in [0.25, 0.3) is 0 Å². The summed E-state index contributed by atoms with van der Waals surface area (Å²) < 4.78 is 7.43. The zero-order chi connectivity index (χ0) is 19.1. The van der Waals surface area contributed by atoms with E-state index in [4.69, 9.17) is 4.74 Å². The van der Waals surface area contributed by atoms with Gasteiger partial charge in [0.1, 0.15) is 11.8 Å². The van der Waals surface area contributed by atoms with Crippen LogP contribution in [0.4, 0.5) is 0 Å². The van der Waals surface area contributed by atoms with Gasteiger partial charge in [0.15, 0.2) is 0 Å². The van der Waals surface area contributed by atoms with E-state index in [-0.39, 0.29) is 11.9 Å². The van der Waals surface area contributed by atoms with Crippen LogP contribution in [0.25, 0.3) is 0 Å². The smallest absolute Gasteiger partial charge is 0.246 e. The number of H-pyrrole nitrogens is 1. The topological polar surface area (TPSA) is 63.1 Å². The second-order valence-electron chi connectivity index (χ2n) is 6.50. The van der Waals surface area contributed by atoms with Gasteiger partial charge in [0.2, 0.25) is 5.91 Å². The standard InChI is InChI=1S/C21H26N4O2/c1-3-10-25(15-17-8-4-5-9-20(17)27-2)21(26)19(24-11-6-7-12-24)13-18-14-22-16-23-18/h4-9,11-12,14,16,19H,3,10,13,15H2,1-2H3,(H,22,23)/t19-/m0/s1. The van der Waals surface area contributed by atoms with Crippen molar-refractivity contribution in [2.75, 3.05) is 13.7 Å². The molecule has 27 heavy (non-hydrogen) atoms. The number of hydrogen-bond acceptors (Lipinski definition) is 3. The van der Waals surface area contributed by atoms with Gasteiger partial charge in [-0.25, -0.2) is 4.98 Å². The van der Waals surface area contributed by atoms with E-state index in [1.165, 1.54) is 0 Å². The Labute approximate surface area is 159 Å². The number of methoxy groups -OCH3 is 1. The summed E-state index contributed by atoms with van der Waals surface area (Å²) >= 11 is 0. The van der Waals surface area contributed by atoms with Gasteiger partial charge >= 0.3 is 0 Å². The van der Waals surface area contributed by atoms with Crippen molar-refractivity contribution in [1.82, 2.24) is 19.4 Å². The lowest BCUT2D eigenvalue weighted by molar-refractivity contribution is -0.135. The average molecular weight is 366 g/mol. The number of rotatable bonds is 9. The summed E-state index contributed by atoms with van der Waals surface area (Å²) in [5.74, 6) is 0.894. The van der Waals surface area contributed by atoms with Crippen LogP contribution in [0, 0.1) is 0 Å². The van der Waals surface area contributed by atoms with Gasteiger partial charge in [-0.15, -0.1) is 0 Å². The Kier molecular flexibility index (Phi) is 6.30. The van der Waals surface area contributed by atoms with E-state index >= 15 is 0 Å². The Morgan fingerprint density at radius 2 is 2.04 bits per heavy atom. The van der Waals surface area contributed by atoms with Gasteiger partial charge in [0, 0.05) is 49.4 Å². The fourth-order valence-electron chi connectivity index (χ4n) is 3.27. The van der Waals surface area contributed by atoms with Crippen LogP contribution in [0.1, 0.15) is 30.6 Å². The largest absolute Gasteiger partial charge is 0.496 e. The van der Waals surface area contributed by atoms with Gasteiger partial charge in [-0.05, 0) is 24.6 Å². The van der Waals surface area contributed by atoms with Gasteiger partial charge in [-0.3, -0.25) is 4.79 Å². The third-order valence-corrected chi connectivity index (χ3v) is 4.60. The molecule has 0 aliphatic carbocycles. The molecular formula is C21H26N4O2. The van der Waals surface area contributed by atoms with Crippen LogP contribution in [0.3, 0.4) is 0 Å². The fraction of sp³-hybridized carbons (Fsp3) is 0.333. The van der Waals surface area contributed by atoms with Crippen molar-refractivity contribution in [1.29, 1.82) is 0 Å². The Balaban J connectivity index is 1.86. The van der Waals surface area contributed by atoms with Crippen LogP contribution in [0.5, 0.6) is 5.75 Å². The number of nitrogens with one attached hydrogen (secondary N) is 1. The van der Waals surface area contributed by atoms with E-state index in [0.29, 0.717) is 19.5 Å². The van der Waals surface area contributed by atoms with E-state index in [1.54, 1.807) is 19.6 Å². The van der Waals surface area contributed by atoms with Gasteiger partial charge in [-0.2, -0.15) is 0 Å². The van der Waals surface area contributed by atoms with Crippen molar-refractivity contribution >= 4 is 5.91 Å². The summed E-state index contributed by atoms with van der Waals surface area (Å²) in [7, 11) is 1.66. The molecule has 0 unspecified atom stereocenters. The second-order valence-corrected chi connectivity index (χ2v) is 6.50. The SMILES string of the molecule is CCCN(Cc1ccccc1OC)C(=O)[C@H](Cc1cnc[nH]1)n1cccc1. The maximum atomic E-state index is 13.5. The van der Waals surface area contributed by atoms with Crippen LogP contribution in [0.2, 0.25) is 0 Å². The molecule has 0 fully saturated rings. The molecule has 0 saturated carbocycles. The molecule has 6 nitrogen and oxygen atoms in total. The van der Waals surface area contributed by atoms with Crippen molar-refractivity contribution in [3.8, 4) is 5.75 Å². The van der Waals surface area contributed by atoms with E-state index in [1.807, 2.05) is 58.3 Å². The van der Waals surface area contributed by atoms with Crippen LogP contribution in [-0.4, -0.2) is 39.0 Å². The Bertz CT molecular complexity index is 828. The lowest BCUT2D eigenvalue weighted by atomic mass is 10.1. The van der Waals surface area contributed by atoms with Crippen molar-refractivity contribution < 1.29 is 9.53 Å². The molecule has 3 rings (SSSR count). The third-order valence-electron chi connectivity index (χ3n) is 4.60. The second kappa shape index (κ2) is 9.07. The Morgan fingerprint density at radius 1 is 1.26 bits per heavy atom.